The number of carbonyl (C=O) groups excluding carboxylic acids is 1. The van der Waals surface area contributed by atoms with E-state index in [2.05, 4.69) is 44.8 Å². The van der Waals surface area contributed by atoms with E-state index in [9.17, 15) is 4.79 Å². The van der Waals surface area contributed by atoms with Gasteiger partial charge in [0, 0.05) is 67.6 Å². The molecule has 0 spiro atoms. The Labute approximate surface area is 216 Å². The number of ether oxygens (including phenoxy) is 1. The van der Waals surface area contributed by atoms with Gasteiger partial charge in [-0.15, -0.1) is 0 Å². The van der Waals surface area contributed by atoms with E-state index in [4.69, 9.17) is 16.3 Å². The van der Waals surface area contributed by atoms with Gasteiger partial charge in [-0.05, 0) is 41.5 Å². The molecule has 36 heavy (non-hydrogen) atoms. The van der Waals surface area contributed by atoms with Crippen molar-refractivity contribution in [3.8, 4) is 11.1 Å². The third kappa shape index (κ3) is 5.54. The molecule has 0 unspecified atom stereocenters. The first kappa shape index (κ1) is 24.3. The number of morpholine rings is 1. The number of halogens is 1. The average Bonchev–Trinajstić information content (AvgIpc) is 3.25. The molecule has 0 radical (unpaired) electrons. The molecule has 0 aliphatic carbocycles. The van der Waals surface area contributed by atoms with Crippen molar-refractivity contribution in [2.45, 2.75) is 6.54 Å². The fraction of sp³-hybridized carbons (Fsp3) is 0.286. The predicted molar refractivity (Wildman–Crippen MR) is 145 cm³/mol. The van der Waals surface area contributed by atoms with Crippen LogP contribution >= 0.6 is 11.6 Å². The van der Waals surface area contributed by atoms with E-state index in [0.29, 0.717) is 17.3 Å². The van der Waals surface area contributed by atoms with Crippen molar-refractivity contribution < 1.29 is 9.53 Å². The number of rotatable bonds is 8. The van der Waals surface area contributed by atoms with Crippen LogP contribution < -0.4 is 10.6 Å². The lowest BCUT2D eigenvalue weighted by Gasteiger charge is -2.26. The fourth-order valence-electron chi connectivity index (χ4n) is 4.56. The SMILES string of the molecule is Cn1c(C(=O)NCc2cccc(Cl)c2)cc2c(-c3ccc(NCCN4CCOCC4)cc3)cncc21. The van der Waals surface area contributed by atoms with E-state index in [-0.39, 0.29) is 5.91 Å². The molecule has 0 saturated carbocycles. The maximum Gasteiger partial charge on any atom is 0.268 e. The Kier molecular flexibility index (Phi) is 7.51. The number of aromatic nitrogens is 2. The average molecular weight is 504 g/mol. The summed E-state index contributed by atoms with van der Waals surface area (Å²) in [5, 5.41) is 8.15. The van der Waals surface area contributed by atoms with Crippen molar-refractivity contribution in [2.24, 2.45) is 7.05 Å². The summed E-state index contributed by atoms with van der Waals surface area (Å²) in [7, 11) is 1.89. The highest BCUT2D eigenvalue weighted by Gasteiger charge is 2.16. The number of anilines is 1. The minimum absolute atomic E-state index is 0.139. The third-order valence-electron chi connectivity index (χ3n) is 6.60. The Morgan fingerprint density at radius 2 is 1.89 bits per heavy atom. The summed E-state index contributed by atoms with van der Waals surface area (Å²) in [5.74, 6) is -0.139. The summed E-state index contributed by atoms with van der Waals surface area (Å²) in [6.07, 6.45) is 3.66. The number of benzene rings is 2. The molecule has 3 heterocycles. The van der Waals surface area contributed by atoms with Gasteiger partial charge in [0.05, 0.1) is 24.9 Å². The van der Waals surface area contributed by atoms with E-state index in [1.165, 1.54) is 0 Å². The Morgan fingerprint density at radius 3 is 2.67 bits per heavy atom. The molecule has 2 N–H and O–H groups in total. The van der Waals surface area contributed by atoms with Crippen LogP contribution in [0.5, 0.6) is 0 Å². The first-order valence-corrected chi connectivity index (χ1v) is 12.6. The van der Waals surface area contributed by atoms with Crippen LogP contribution in [0.4, 0.5) is 5.69 Å². The number of hydrogen-bond acceptors (Lipinski definition) is 5. The minimum atomic E-state index is -0.139. The first-order chi connectivity index (χ1) is 17.6. The van der Waals surface area contributed by atoms with Crippen molar-refractivity contribution in [1.29, 1.82) is 0 Å². The molecule has 5 rings (SSSR count). The van der Waals surface area contributed by atoms with Gasteiger partial charge >= 0.3 is 0 Å². The largest absolute Gasteiger partial charge is 0.384 e. The molecule has 4 aromatic rings. The zero-order chi connectivity index (χ0) is 24.9. The summed E-state index contributed by atoms with van der Waals surface area (Å²) in [4.78, 5) is 19.9. The monoisotopic (exact) mass is 503 g/mol. The van der Waals surface area contributed by atoms with Gasteiger partial charge in [0.25, 0.3) is 5.91 Å². The maximum absolute atomic E-state index is 13.0. The van der Waals surface area contributed by atoms with Gasteiger partial charge in [0.2, 0.25) is 0 Å². The number of aryl methyl sites for hydroxylation is 1. The second-order valence-electron chi connectivity index (χ2n) is 8.98. The summed E-state index contributed by atoms with van der Waals surface area (Å²) < 4.78 is 7.30. The Morgan fingerprint density at radius 1 is 1.08 bits per heavy atom. The summed E-state index contributed by atoms with van der Waals surface area (Å²) in [5.41, 5.74) is 5.59. The molecular formula is C28H30ClN5O2. The van der Waals surface area contributed by atoms with E-state index < -0.39 is 0 Å². The van der Waals surface area contributed by atoms with Crippen LogP contribution in [0.2, 0.25) is 5.02 Å². The number of amides is 1. The molecule has 1 amide bonds. The zero-order valence-electron chi connectivity index (χ0n) is 20.3. The molecule has 7 nitrogen and oxygen atoms in total. The molecule has 1 saturated heterocycles. The molecule has 2 aromatic carbocycles. The molecule has 0 atom stereocenters. The van der Waals surface area contributed by atoms with Gasteiger partial charge in [-0.2, -0.15) is 0 Å². The second-order valence-corrected chi connectivity index (χ2v) is 9.42. The van der Waals surface area contributed by atoms with Gasteiger partial charge in [-0.3, -0.25) is 14.7 Å². The van der Waals surface area contributed by atoms with Crippen LogP contribution in [0.15, 0.2) is 67.0 Å². The van der Waals surface area contributed by atoms with Crippen molar-refractivity contribution >= 4 is 34.1 Å². The standard InChI is InChI=1S/C28H30ClN5O2/c1-33-26(28(35)32-17-20-3-2-4-22(29)15-20)16-24-25(18-30-19-27(24)33)21-5-7-23(8-6-21)31-9-10-34-11-13-36-14-12-34/h2-8,15-16,18-19,31H,9-14,17H2,1H3,(H,32,35). The number of hydrogen-bond donors (Lipinski definition) is 2. The lowest BCUT2D eigenvalue weighted by atomic mass is 10.0. The fourth-order valence-corrected chi connectivity index (χ4v) is 4.77. The van der Waals surface area contributed by atoms with Crippen LogP contribution in [0.25, 0.3) is 22.0 Å². The highest BCUT2D eigenvalue weighted by Crippen LogP contribution is 2.30. The van der Waals surface area contributed by atoms with Crippen LogP contribution in [0, 0.1) is 0 Å². The molecule has 1 fully saturated rings. The van der Waals surface area contributed by atoms with E-state index in [1.54, 1.807) is 6.20 Å². The third-order valence-corrected chi connectivity index (χ3v) is 6.84. The number of nitrogens with zero attached hydrogens (tertiary/aromatic N) is 3. The molecule has 8 heteroatoms. The van der Waals surface area contributed by atoms with E-state index >= 15 is 0 Å². The van der Waals surface area contributed by atoms with Crippen LogP contribution in [-0.4, -0.2) is 59.8 Å². The molecular weight excluding hydrogens is 474 g/mol. The zero-order valence-corrected chi connectivity index (χ0v) is 21.1. The number of nitrogens with one attached hydrogen (secondary N) is 2. The van der Waals surface area contributed by atoms with Crippen molar-refractivity contribution in [3.63, 3.8) is 0 Å². The van der Waals surface area contributed by atoms with Crippen molar-refractivity contribution in [3.05, 3.63) is 83.3 Å². The second kappa shape index (κ2) is 11.1. The Bertz CT molecular complexity index is 1350. The molecule has 0 bridgehead atoms. The van der Waals surface area contributed by atoms with Crippen LogP contribution in [-0.2, 0) is 18.3 Å². The number of fused-ring (bicyclic) bond motifs is 1. The van der Waals surface area contributed by atoms with Gasteiger partial charge < -0.3 is 19.9 Å². The van der Waals surface area contributed by atoms with Crippen molar-refractivity contribution in [1.82, 2.24) is 19.8 Å². The van der Waals surface area contributed by atoms with E-state index in [1.807, 2.05) is 48.1 Å². The highest BCUT2D eigenvalue weighted by atomic mass is 35.5. The molecule has 1 aliphatic heterocycles. The quantitative estimate of drug-likeness (QED) is 0.368. The lowest BCUT2D eigenvalue weighted by Crippen LogP contribution is -2.38. The molecule has 2 aromatic heterocycles. The number of pyridine rings is 1. The minimum Gasteiger partial charge on any atom is -0.384 e. The Hall–Kier alpha value is -3.39. The lowest BCUT2D eigenvalue weighted by molar-refractivity contribution is 0.0398. The van der Waals surface area contributed by atoms with Gasteiger partial charge in [0.1, 0.15) is 5.69 Å². The van der Waals surface area contributed by atoms with Crippen LogP contribution in [0.3, 0.4) is 0 Å². The summed E-state index contributed by atoms with van der Waals surface area (Å²) in [6, 6.07) is 17.8. The van der Waals surface area contributed by atoms with Gasteiger partial charge in [0.15, 0.2) is 0 Å². The highest BCUT2D eigenvalue weighted by molar-refractivity contribution is 6.30. The van der Waals surface area contributed by atoms with Gasteiger partial charge in [-0.25, -0.2) is 0 Å². The summed E-state index contributed by atoms with van der Waals surface area (Å²) >= 11 is 6.06. The van der Waals surface area contributed by atoms with Crippen molar-refractivity contribution in [2.75, 3.05) is 44.7 Å². The van der Waals surface area contributed by atoms with Crippen LogP contribution in [0.1, 0.15) is 16.1 Å². The topological polar surface area (TPSA) is 71.4 Å². The predicted octanol–water partition coefficient (Wildman–Crippen LogP) is 4.57. The number of carbonyl (C=O) groups is 1. The molecule has 186 valence electrons. The van der Waals surface area contributed by atoms with E-state index in [0.717, 1.165) is 72.7 Å². The maximum atomic E-state index is 13.0. The van der Waals surface area contributed by atoms with Gasteiger partial charge in [-0.1, -0.05) is 35.9 Å². The Balaban J connectivity index is 1.28. The normalized spacial score (nSPS) is 14.2. The first-order valence-electron chi connectivity index (χ1n) is 12.2. The molecule has 1 aliphatic rings. The summed E-state index contributed by atoms with van der Waals surface area (Å²) in [6.45, 7) is 5.93. The smallest absolute Gasteiger partial charge is 0.268 e.